The topological polar surface area (TPSA) is 52.7 Å². The largest absolute Gasteiger partial charge is 0.367 e. The molecule has 6 heteroatoms. The van der Waals surface area contributed by atoms with Crippen LogP contribution in [-0.4, -0.2) is 49.4 Å². The van der Waals surface area contributed by atoms with Crippen LogP contribution in [0.5, 0.6) is 0 Å². The summed E-state index contributed by atoms with van der Waals surface area (Å²) in [6.07, 6.45) is 0. The van der Waals surface area contributed by atoms with E-state index in [1.54, 1.807) is 11.0 Å². The molecule has 1 aliphatic rings. The summed E-state index contributed by atoms with van der Waals surface area (Å²) in [5, 5.41) is 3.45. The van der Waals surface area contributed by atoms with E-state index >= 15 is 0 Å². The van der Waals surface area contributed by atoms with Gasteiger partial charge in [0.2, 0.25) is 5.91 Å². The Balaban J connectivity index is 1.50. The van der Waals surface area contributed by atoms with Crippen LogP contribution in [0.25, 0.3) is 0 Å². The minimum absolute atomic E-state index is 0.0118. The smallest absolute Gasteiger partial charge is 0.251 e. The van der Waals surface area contributed by atoms with Crippen molar-refractivity contribution in [3.63, 3.8) is 0 Å². The summed E-state index contributed by atoms with van der Waals surface area (Å²) in [4.78, 5) is 28.7. The predicted molar refractivity (Wildman–Crippen MR) is 108 cm³/mol. The van der Waals surface area contributed by atoms with E-state index in [9.17, 15) is 9.59 Å². The molecule has 0 saturated carbocycles. The van der Waals surface area contributed by atoms with Gasteiger partial charge in [-0.2, -0.15) is 0 Å². The number of carbonyl (C=O) groups is 2. The van der Waals surface area contributed by atoms with Crippen LogP contribution in [0.1, 0.15) is 21.5 Å². The van der Waals surface area contributed by atoms with Gasteiger partial charge in [0.1, 0.15) is 0 Å². The molecule has 0 aliphatic carbocycles. The van der Waals surface area contributed by atoms with Crippen LogP contribution in [0.15, 0.2) is 42.5 Å². The molecular weight excluding hydrogens is 362 g/mol. The summed E-state index contributed by atoms with van der Waals surface area (Å²) in [6.45, 7) is 6.66. The fraction of sp³-hybridized carbons (Fsp3) is 0.333. The van der Waals surface area contributed by atoms with Gasteiger partial charge in [0.05, 0.1) is 17.3 Å². The average molecular weight is 386 g/mol. The molecule has 2 aromatic carbocycles. The average Bonchev–Trinajstić information content (AvgIpc) is 2.68. The van der Waals surface area contributed by atoms with E-state index in [0.717, 1.165) is 34.9 Å². The molecule has 27 heavy (non-hydrogen) atoms. The molecule has 0 radical (unpaired) electrons. The van der Waals surface area contributed by atoms with Crippen molar-refractivity contribution in [2.75, 3.05) is 37.6 Å². The number of anilines is 1. The number of rotatable bonds is 4. The first-order valence-electron chi connectivity index (χ1n) is 9.08. The van der Waals surface area contributed by atoms with Crippen molar-refractivity contribution in [2.45, 2.75) is 13.8 Å². The van der Waals surface area contributed by atoms with Gasteiger partial charge < -0.3 is 15.1 Å². The molecule has 1 fully saturated rings. The van der Waals surface area contributed by atoms with E-state index in [1.807, 2.05) is 50.2 Å². The lowest BCUT2D eigenvalue weighted by Gasteiger charge is -2.36. The van der Waals surface area contributed by atoms with E-state index in [2.05, 4.69) is 10.2 Å². The first-order chi connectivity index (χ1) is 13.0. The lowest BCUT2D eigenvalue weighted by Crippen LogP contribution is -2.51. The number of hydrogen-bond donors (Lipinski definition) is 1. The molecule has 142 valence electrons. The van der Waals surface area contributed by atoms with Gasteiger partial charge in [-0.15, -0.1) is 0 Å². The number of aryl methyl sites for hydroxylation is 2. The van der Waals surface area contributed by atoms with Crippen LogP contribution in [0.4, 0.5) is 5.69 Å². The molecule has 2 amide bonds. The van der Waals surface area contributed by atoms with Crippen LogP contribution in [0.2, 0.25) is 5.02 Å². The number of hydrogen-bond acceptors (Lipinski definition) is 3. The van der Waals surface area contributed by atoms with Gasteiger partial charge >= 0.3 is 0 Å². The Morgan fingerprint density at radius 2 is 1.70 bits per heavy atom. The van der Waals surface area contributed by atoms with Crippen LogP contribution >= 0.6 is 11.6 Å². The molecule has 1 heterocycles. The summed E-state index contributed by atoms with van der Waals surface area (Å²) in [5.41, 5.74) is 3.77. The number of amides is 2. The highest BCUT2D eigenvalue weighted by Crippen LogP contribution is 2.25. The summed E-state index contributed by atoms with van der Waals surface area (Å²) < 4.78 is 0. The maximum atomic E-state index is 12.4. The van der Waals surface area contributed by atoms with E-state index in [0.29, 0.717) is 18.7 Å². The monoisotopic (exact) mass is 385 g/mol. The predicted octanol–water partition coefficient (Wildman–Crippen LogP) is 3.04. The summed E-state index contributed by atoms with van der Waals surface area (Å²) in [5.74, 6) is -0.285. The third kappa shape index (κ3) is 4.61. The van der Waals surface area contributed by atoms with Crippen molar-refractivity contribution in [3.8, 4) is 0 Å². The second kappa shape index (κ2) is 8.44. The molecule has 0 bridgehead atoms. The highest BCUT2D eigenvalue weighted by atomic mass is 35.5. The molecule has 5 nitrogen and oxygen atoms in total. The van der Waals surface area contributed by atoms with Gasteiger partial charge in [0.25, 0.3) is 5.91 Å². The molecule has 3 rings (SSSR count). The maximum absolute atomic E-state index is 12.4. The first kappa shape index (κ1) is 19.2. The van der Waals surface area contributed by atoms with Gasteiger partial charge in [-0.1, -0.05) is 29.8 Å². The van der Waals surface area contributed by atoms with Crippen molar-refractivity contribution < 1.29 is 9.59 Å². The number of halogens is 1. The van der Waals surface area contributed by atoms with Crippen LogP contribution in [0, 0.1) is 13.8 Å². The molecule has 0 spiro atoms. The molecule has 0 atom stereocenters. The molecule has 1 N–H and O–H groups in total. The van der Waals surface area contributed by atoms with Crippen LogP contribution < -0.4 is 10.2 Å². The van der Waals surface area contributed by atoms with Gasteiger partial charge in [-0.25, -0.2) is 0 Å². The van der Waals surface area contributed by atoms with Crippen molar-refractivity contribution in [3.05, 3.63) is 64.2 Å². The van der Waals surface area contributed by atoms with Gasteiger partial charge in [0.15, 0.2) is 0 Å². The lowest BCUT2D eigenvalue weighted by molar-refractivity contribution is -0.130. The number of nitrogens with one attached hydrogen (secondary N) is 1. The summed E-state index contributed by atoms with van der Waals surface area (Å²) >= 11 is 6.25. The number of para-hydroxylation sites is 1. The number of benzene rings is 2. The van der Waals surface area contributed by atoms with Crippen molar-refractivity contribution in [1.82, 2.24) is 10.2 Å². The standard InChI is InChI=1S/C21H24ClN3O2/c1-15-7-8-17(13-16(15)2)21(27)23-14-20(26)25-11-9-24(10-12-25)19-6-4-3-5-18(19)22/h3-8,13H,9-12,14H2,1-2H3,(H,23,27). The van der Waals surface area contributed by atoms with E-state index in [-0.39, 0.29) is 18.4 Å². The van der Waals surface area contributed by atoms with Crippen LogP contribution in [0.3, 0.4) is 0 Å². The molecule has 1 saturated heterocycles. The zero-order valence-corrected chi connectivity index (χ0v) is 16.4. The van der Waals surface area contributed by atoms with E-state index in [4.69, 9.17) is 11.6 Å². The third-order valence-corrected chi connectivity index (χ3v) is 5.31. The highest BCUT2D eigenvalue weighted by Gasteiger charge is 2.22. The maximum Gasteiger partial charge on any atom is 0.251 e. The SMILES string of the molecule is Cc1ccc(C(=O)NCC(=O)N2CCN(c3ccccc3Cl)CC2)cc1C. The summed E-state index contributed by atoms with van der Waals surface area (Å²) in [6, 6.07) is 13.3. The number of nitrogens with zero attached hydrogens (tertiary/aromatic N) is 2. The highest BCUT2D eigenvalue weighted by molar-refractivity contribution is 6.33. The lowest BCUT2D eigenvalue weighted by atomic mass is 10.1. The Morgan fingerprint density at radius 1 is 1.00 bits per heavy atom. The second-order valence-electron chi connectivity index (χ2n) is 6.80. The van der Waals surface area contributed by atoms with Crippen molar-refractivity contribution in [1.29, 1.82) is 0 Å². The van der Waals surface area contributed by atoms with Gasteiger partial charge in [-0.3, -0.25) is 9.59 Å². The fourth-order valence-electron chi connectivity index (χ4n) is 3.16. The third-order valence-electron chi connectivity index (χ3n) is 4.99. The Morgan fingerprint density at radius 3 is 2.37 bits per heavy atom. The summed E-state index contributed by atoms with van der Waals surface area (Å²) in [7, 11) is 0. The minimum Gasteiger partial charge on any atom is -0.367 e. The quantitative estimate of drug-likeness (QED) is 0.880. The van der Waals surface area contributed by atoms with Gasteiger partial charge in [-0.05, 0) is 49.2 Å². The fourth-order valence-corrected chi connectivity index (χ4v) is 3.41. The zero-order chi connectivity index (χ0) is 19.4. The van der Waals surface area contributed by atoms with Crippen molar-refractivity contribution in [2.24, 2.45) is 0 Å². The van der Waals surface area contributed by atoms with Crippen molar-refractivity contribution >= 4 is 29.1 Å². The van der Waals surface area contributed by atoms with E-state index in [1.165, 1.54) is 0 Å². The first-order valence-corrected chi connectivity index (χ1v) is 9.46. The number of carbonyl (C=O) groups excluding carboxylic acids is 2. The molecule has 1 aliphatic heterocycles. The minimum atomic E-state index is -0.221. The number of piperazine rings is 1. The Labute approximate surface area is 164 Å². The van der Waals surface area contributed by atoms with E-state index < -0.39 is 0 Å². The normalized spacial score (nSPS) is 14.2. The Hall–Kier alpha value is -2.53. The van der Waals surface area contributed by atoms with Crippen LogP contribution in [-0.2, 0) is 4.79 Å². The second-order valence-corrected chi connectivity index (χ2v) is 7.21. The van der Waals surface area contributed by atoms with Gasteiger partial charge in [0, 0.05) is 31.7 Å². The molecule has 2 aromatic rings. The molecule has 0 aromatic heterocycles. The Bertz CT molecular complexity index is 845. The molecule has 0 unspecified atom stereocenters. The Kier molecular flexibility index (Phi) is 6.01. The molecular formula is C21H24ClN3O2. The zero-order valence-electron chi connectivity index (χ0n) is 15.7.